The highest BCUT2D eigenvalue weighted by Gasteiger charge is 2.32. The van der Waals surface area contributed by atoms with Gasteiger partial charge in [0.15, 0.2) is 0 Å². The monoisotopic (exact) mass is 359 g/mol. The van der Waals surface area contributed by atoms with Crippen LogP contribution in [0.2, 0.25) is 0 Å². The maximum atomic E-state index is 12.9. The second kappa shape index (κ2) is 6.27. The number of pyridine rings is 1. The molecule has 0 amide bonds. The summed E-state index contributed by atoms with van der Waals surface area (Å²) in [5.74, 6) is 0.152. The second-order valence-corrected chi connectivity index (χ2v) is 8.33. The number of fused-ring (bicyclic) bond motifs is 1. The molecule has 1 N–H and O–H groups in total. The van der Waals surface area contributed by atoms with Crippen molar-refractivity contribution < 1.29 is 8.42 Å². The van der Waals surface area contributed by atoms with Gasteiger partial charge in [0.1, 0.15) is 4.90 Å². The predicted molar refractivity (Wildman–Crippen MR) is 94.7 cm³/mol. The Hall–Kier alpha value is -2.19. The Balaban J connectivity index is 1.59. The van der Waals surface area contributed by atoms with Gasteiger partial charge in [0.05, 0.1) is 17.2 Å². The van der Waals surface area contributed by atoms with E-state index >= 15 is 0 Å². The molecule has 0 unspecified atom stereocenters. The van der Waals surface area contributed by atoms with Crippen LogP contribution in [0.5, 0.6) is 0 Å². The summed E-state index contributed by atoms with van der Waals surface area (Å²) in [6.45, 7) is 3.62. The number of nitrogens with one attached hydrogen (secondary N) is 1. The zero-order valence-corrected chi connectivity index (χ0v) is 14.9. The van der Waals surface area contributed by atoms with Gasteiger partial charge < -0.3 is 4.98 Å². The molecular formula is C17H21N5O2S. The molecule has 0 aliphatic carbocycles. The average molecular weight is 359 g/mol. The zero-order chi connectivity index (χ0) is 17.4. The molecule has 1 fully saturated rings. The largest absolute Gasteiger partial charge is 0.357 e. The summed E-state index contributed by atoms with van der Waals surface area (Å²) in [7, 11) is -3.50. The lowest BCUT2D eigenvalue weighted by atomic mass is 9.96. The van der Waals surface area contributed by atoms with Crippen LogP contribution < -0.4 is 0 Å². The number of sulfonamides is 1. The summed E-state index contributed by atoms with van der Waals surface area (Å²) in [5, 5.41) is 4.10. The maximum Gasteiger partial charge on any atom is 0.246 e. The number of H-pyrrole nitrogens is 1. The Morgan fingerprint density at radius 2 is 2.28 bits per heavy atom. The first-order valence-electron chi connectivity index (χ1n) is 8.54. The van der Waals surface area contributed by atoms with Gasteiger partial charge in [0, 0.05) is 43.6 Å². The van der Waals surface area contributed by atoms with Gasteiger partial charge in [0.25, 0.3) is 0 Å². The fourth-order valence-corrected chi connectivity index (χ4v) is 4.89. The molecule has 1 aliphatic heterocycles. The Labute approximate surface area is 146 Å². The molecule has 0 bridgehead atoms. The first-order valence-corrected chi connectivity index (χ1v) is 9.98. The van der Waals surface area contributed by atoms with Crippen LogP contribution in [0.3, 0.4) is 0 Å². The fourth-order valence-electron chi connectivity index (χ4n) is 3.41. The van der Waals surface area contributed by atoms with E-state index in [1.807, 2.05) is 25.1 Å². The molecule has 25 heavy (non-hydrogen) atoms. The number of rotatable bonds is 4. The lowest BCUT2D eigenvalue weighted by molar-refractivity contribution is 0.313. The number of nitrogens with zero attached hydrogens (tertiary/aromatic N) is 4. The van der Waals surface area contributed by atoms with Crippen molar-refractivity contribution in [1.82, 2.24) is 24.1 Å². The summed E-state index contributed by atoms with van der Waals surface area (Å²) >= 11 is 0. The smallest absolute Gasteiger partial charge is 0.246 e. The van der Waals surface area contributed by atoms with Crippen LogP contribution in [-0.2, 0) is 16.6 Å². The number of hydrogen-bond donors (Lipinski definition) is 1. The Kier molecular flexibility index (Phi) is 4.09. The van der Waals surface area contributed by atoms with E-state index in [4.69, 9.17) is 0 Å². The topological polar surface area (TPSA) is 83.9 Å². The molecular weight excluding hydrogens is 338 g/mol. The fraction of sp³-hybridized carbons (Fsp3) is 0.412. The minimum Gasteiger partial charge on any atom is -0.357 e. The highest BCUT2D eigenvalue weighted by molar-refractivity contribution is 7.89. The van der Waals surface area contributed by atoms with Gasteiger partial charge in [-0.05, 0) is 38.0 Å². The van der Waals surface area contributed by atoms with Crippen LogP contribution in [0, 0.1) is 0 Å². The molecule has 0 aromatic carbocycles. The summed E-state index contributed by atoms with van der Waals surface area (Å²) in [5.41, 5.74) is 2.96. The van der Waals surface area contributed by atoms with Crippen LogP contribution in [0.15, 0.2) is 41.7 Å². The summed E-state index contributed by atoms with van der Waals surface area (Å²) in [6, 6.07) is 5.92. The molecule has 1 saturated heterocycles. The van der Waals surface area contributed by atoms with Gasteiger partial charge in [-0.2, -0.15) is 9.40 Å². The Morgan fingerprint density at radius 1 is 1.40 bits per heavy atom. The van der Waals surface area contributed by atoms with Crippen LogP contribution in [0.25, 0.3) is 11.0 Å². The van der Waals surface area contributed by atoms with Crippen molar-refractivity contribution in [2.75, 3.05) is 13.1 Å². The normalized spacial score (nSPS) is 19.5. The first-order chi connectivity index (χ1) is 12.1. The molecule has 3 aromatic rings. The third-order valence-electron chi connectivity index (χ3n) is 4.81. The summed E-state index contributed by atoms with van der Waals surface area (Å²) in [6.07, 6.45) is 6.62. The predicted octanol–water partition coefficient (Wildman–Crippen LogP) is 2.35. The third-order valence-corrected chi connectivity index (χ3v) is 6.62. The SMILES string of the molecule is CCn1cc(S(=O)(=O)N2CCC[C@H](c3cc4ncccc4[nH]3)C2)cn1. The van der Waals surface area contributed by atoms with Crippen molar-refractivity contribution in [2.24, 2.45) is 0 Å². The van der Waals surface area contributed by atoms with E-state index < -0.39 is 10.0 Å². The first kappa shape index (κ1) is 16.3. The number of hydrogen-bond acceptors (Lipinski definition) is 4. The number of aromatic amines is 1. The summed E-state index contributed by atoms with van der Waals surface area (Å²) in [4.78, 5) is 8.01. The molecule has 1 atom stereocenters. The van der Waals surface area contributed by atoms with Gasteiger partial charge in [0.2, 0.25) is 10.0 Å². The van der Waals surface area contributed by atoms with Crippen molar-refractivity contribution in [3.8, 4) is 0 Å². The standard InChI is InChI=1S/C17H21N5O2S/c1-2-21-12-14(10-19-21)25(23,24)22-8-4-5-13(11-22)16-9-17-15(20-16)6-3-7-18-17/h3,6-7,9-10,12-13,20H,2,4-5,8,11H2,1H3/t13-/m0/s1. The molecule has 8 heteroatoms. The molecule has 4 rings (SSSR count). The molecule has 4 heterocycles. The molecule has 132 valence electrons. The van der Waals surface area contributed by atoms with E-state index in [2.05, 4.69) is 15.1 Å². The van der Waals surface area contributed by atoms with Gasteiger partial charge in [-0.25, -0.2) is 8.42 Å². The number of aromatic nitrogens is 4. The van der Waals surface area contributed by atoms with Crippen LogP contribution >= 0.6 is 0 Å². The molecule has 1 aliphatic rings. The molecule has 3 aromatic heterocycles. The molecule has 0 spiro atoms. The number of aryl methyl sites for hydroxylation is 1. The van der Waals surface area contributed by atoms with Crippen molar-refractivity contribution >= 4 is 21.1 Å². The molecule has 0 radical (unpaired) electrons. The van der Waals surface area contributed by atoms with Crippen molar-refractivity contribution in [3.63, 3.8) is 0 Å². The van der Waals surface area contributed by atoms with Gasteiger partial charge >= 0.3 is 0 Å². The van der Waals surface area contributed by atoms with Crippen LogP contribution in [-0.4, -0.2) is 45.6 Å². The van der Waals surface area contributed by atoms with Crippen LogP contribution in [0.4, 0.5) is 0 Å². The number of piperidine rings is 1. The van der Waals surface area contributed by atoms with Crippen molar-refractivity contribution in [2.45, 2.75) is 37.1 Å². The van der Waals surface area contributed by atoms with Gasteiger partial charge in [-0.1, -0.05) is 0 Å². The molecule has 7 nitrogen and oxygen atoms in total. The van der Waals surface area contributed by atoms with Crippen molar-refractivity contribution in [1.29, 1.82) is 0 Å². The van der Waals surface area contributed by atoms with E-state index in [1.165, 1.54) is 6.20 Å². The third kappa shape index (κ3) is 2.96. The maximum absolute atomic E-state index is 12.9. The Bertz CT molecular complexity index is 958. The van der Waals surface area contributed by atoms with E-state index in [0.717, 1.165) is 29.6 Å². The lowest BCUT2D eigenvalue weighted by Crippen LogP contribution is -2.39. The Morgan fingerprint density at radius 3 is 3.04 bits per heavy atom. The minimum absolute atomic E-state index is 0.152. The second-order valence-electron chi connectivity index (χ2n) is 6.39. The van der Waals surface area contributed by atoms with Gasteiger partial charge in [-0.3, -0.25) is 9.67 Å². The van der Waals surface area contributed by atoms with Crippen LogP contribution in [0.1, 0.15) is 31.4 Å². The van der Waals surface area contributed by atoms with Crippen molar-refractivity contribution in [3.05, 3.63) is 42.5 Å². The highest BCUT2D eigenvalue weighted by atomic mass is 32.2. The van der Waals surface area contributed by atoms with E-state index in [0.29, 0.717) is 19.6 Å². The zero-order valence-electron chi connectivity index (χ0n) is 14.1. The van der Waals surface area contributed by atoms with E-state index in [1.54, 1.807) is 21.4 Å². The summed E-state index contributed by atoms with van der Waals surface area (Å²) < 4.78 is 29.0. The van der Waals surface area contributed by atoms with E-state index in [9.17, 15) is 8.42 Å². The van der Waals surface area contributed by atoms with E-state index in [-0.39, 0.29) is 10.8 Å². The lowest BCUT2D eigenvalue weighted by Gasteiger charge is -2.31. The van der Waals surface area contributed by atoms with Gasteiger partial charge in [-0.15, -0.1) is 0 Å². The highest BCUT2D eigenvalue weighted by Crippen LogP contribution is 2.31. The quantitative estimate of drug-likeness (QED) is 0.775. The minimum atomic E-state index is -3.50. The average Bonchev–Trinajstić information content (AvgIpc) is 3.29. The molecule has 0 saturated carbocycles.